The van der Waals surface area contributed by atoms with Gasteiger partial charge in [-0.25, -0.2) is 4.98 Å². The van der Waals surface area contributed by atoms with Gasteiger partial charge >= 0.3 is 0 Å². The lowest BCUT2D eigenvalue weighted by molar-refractivity contribution is 0.575. The molecule has 0 aliphatic rings. The fourth-order valence-electron chi connectivity index (χ4n) is 1.83. The predicted octanol–water partition coefficient (Wildman–Crippen LogP) is 3.71. The van der Waals surface area contributed by atoms with Gasteiger partial charge in [-0.05, 0) is 19.4 Å². The summed E-state index contributed by atoms with van der Waals surface area (Å²) in [6.07, 6.45) is 2.55. The first-order chi connectivity index (χ1) is 7.68. The lowest BCUT2D eigenvalue weighted by atomic mass is 10.1. The molecule has 0 spiro atoms. The highest BCUT2D eigenvalue weighted by molar-refractivity contribution is 6.29. The Morgan fingerprint density at radius 1 is 1.25 bits per heavy atom. The van der Waals surface area contributed by atoms with Gasteiger partial charge in [-0.1, -0.05) is 41.9 Å². The van der Waals surface area contributed by atoms with E-state index in [1.165, 1.54) is 5.56 Å². The van der Waals surface area contributed by atoms with Crippen LogP contribution in [-0.2, 0) is 6.42 Å². The van der Waals surface area contributed by atoms with E-state index in [-0.39, 0.29) is 0 Å². The highest BCUT2D eigenvalue weighted by Gasteiger charge is 2.11. The van der Waals surface area contributed by atoms with Crippen LogP contribution in [0.15, 0.2) is 36.5 Å². The van der Waals surface area contributed by atoms with Gasteiger partial charge in [0.05, 0.1) is 6.20 Å². The summed E-state index contributed by atoms with van der Waals surface area (Å²) in [5.74, 6) is 1.02. The van der Waals surface area contributed by atoms with Gasteiger partial charge in [0, 0.05) is 12.5 Å². The molecule has 0 fully saturated rings. The summed E-state index contributed by atoms with van der Waals surface area (Å²) in [6.45, 7) is 4.23. The molecular formula is C13H15ClN2. The molecule has 0 saturated heterocycles. The van der Waals surface area contributed by atoms with Crippen molar-refractivity contribution in [1.29, 1.82) is 0 Å². The normalized spacial score (nSPS) is 11.0. The van der Waals surface area contributed by atoms with Crippen molar-refractivity contribution in [2.45, 2.75) is 26.3 Å². The third-order valence-corrected chi connectivity index (χ3v) is 2.83. The van der Waals surface area contributed by atoms with Crippen molar-refractivity contribution < 1.29 is 0 Å². The molecule has 0 aliphatic carbocycles. The lowest BCUT2D eigenvalue weighted by Gasteiger charge is -2.12. The molecule has 84 valence electrons. The number of aromatic nitrogens is 2. The van der Waals surface area contributed by atoms with Crippen molar-refractivity contribution >= 4 is 11.6 Å². The van der Waals surface area contributed by atoms with Gasteiger partial charge in [0.1, 0.15) is 11.0 Å². The first-order valence-electron chi connectivity index (χ1n) is 5.44. The van der Waals surface area contributed by atoms with Crippen LogP contribution in [0.4, 0.5) is 0 Å². The average Bonchev–Trinajstić information content (AvgIpc) is 2.61. The molecule has 0 saturated carbocycles. The van der Waals surface area contributed by atoms with Gasteiger partial charge in [0.25, 0.3) is 0 Å². The molecule has 0 aliphatic heterocycles. The number of benzene rings is 1. The van der Waals surface area contributed by atoms with E-state index in [9.17, 15) is 0 Å². The number of halogens is 1. The van der Waals surface area contributed by atoms with E-state index in [1.807, 2.05) is 18.2 Å². The summed E-state index contributed by atoms with van der Waals surface area (Å²) in [5, 5.41) is 0.709. The van der Waals surface area contributed by atoms with Crippen LogP contribution in [0.25, 0.3) is 0 Å². The minimum absolute atomic E-state index is 0.341. The molecule has 1 heterocycles. The van der Waals surface area contributed by atoms with Gasteiger partial charge in [-0.15, -0.1) is 0 Å². The molecule has 2 nitrogen and oxygen atoms in total. The Morgan fingerprint density at radius 3 is 2.56 bits per heavy atom. The number of nitrogens with zero attached hydrogens (tertiary/aromatic N) is 2. The Morgan fingerprint density at radius 2 is 1.94 bits per heavy atom. The Labute approximate surface area is 101 Å². The molecular weight excluding hydrogens is 220 g/mol. The van der Waals surface area contributed by atoms with E-state index in [4.69, 9.17) is 11.6 Å². The molecule has 0 unspecified atom stereocenters. The lowest BCUT2D eigenvalue weighted by Crippen LogP contribution is -2.07. The number of rotatable bonds is 3. The summed E-state index contributed by atoms with van der Waals surface area (Å²) < 4.78 is 2.06. The van der Waals surface area contributed by atoms with Crippen LogP contribution in [0, 0.1) is 0 Å². The molecule has 0 amide bonds. The SMILES string of the molecule is CC(C)n1c(Cl)cnc1Cc1ccccc1. The minimum Gasteiger partial charge on any atom is -0.316 e. The summed E-state index contributed by atoms with van der Waals surface area (Å²) in [6, 6.07) is 10.7. The van der Waals surface area contributed by atoms with Gasteiger partial charge in [0.15, 0.2) is 0 Å². The van der Waals surface area contributed by atoms with E-state index >= 15 is 0 Å². The summed E-state index contributed by atoms with van der Waals surface area (Å²) >= 11 is 6.11. The molecule has 2 rings (SSSR count). The number of imidazole rings is 1. The molecule has 1 aromatic carbocycles. The maximum atomic E-state index is 6.11. The van der Waals surface area contributed by atoms with Crippen molar-refractivity contribution in [3.63, 3.8) is 0 Å². The van der Waals surface area contributed by atoms with Crippen molar-refractivity contribution in [1.82, 2.24) is 9.55 Å². The molecule has 3 heteroatoms. The Hall–Kier alpha value is -1.28. The van der Waals surface area contributed by atoms with Crippen molar-refractivity contribution in [2.24, 2.45) is 0 Å². The summed E-state index contributed by atoms with van der Waals surface area (Å²) in [5.41, 5.74) is 1.26. The van der Waals surface area contributed by atoms with E-state index in [0.717, 1.165) is 12.2 Å². The summed E-state index contributed by atoms with van der Waals surface area (Å²) in [7, 11) is 0. The summed E-state index contributed by atoms with van der Waals surface area (Å²) in [4.78, 5) is 4.36. The molecule has 1 aromatic heterocycles. The zero-order chi connectivity index (χ0) is 11.5. The van der Waals surface area contributed by atoms with Crippen LogP contribution in [0.2, 0.25) is 5.15 Å². The van der Waals surface area contributed by atoms with E-state index in [0.29, 0.717) is 11.2 Å². The maximum absolute atomic E-state index is 6.11. The minimum atomic E-state index is 0.341. The van der Waals surface area contributed by atoms with Crippen LogP contribution < -0.4 is 0 Å². The smallest absolute Gasteiger partial charge is 0.129 e. The standard InChI is InChI=1S/C13H15ClN2/c1-10(2)16-12(14)9-15-13(16)8-11-6-4-3-5-7-11/h3-7,9-10H,8H2,1-2H3. The average molecular weight is 235 g/mol. The van der Waals surface area contributed by atoms with Gasteiger partial charge < -0.3 is 4.57 Å². The molecule has 2 aromatic rings. The van der Waals surface area contributed by atoms with E-state index in [1.54, 1.807) is 6.20 Å². The second kappa shape index (κ2) is 4.71. The highest BCUT2D eigenvalue weighted by Crippen LogP contribution is 2.20. The first-order valence-corrected chi connectivity index (χ1v) is 5.82. The Kier molecular flexibility index (Phi) is 3.30. The van der Waals surface area contributed by atoms with Crippen LogP contribution in [0.3, 0.4) is 0 Å². The van der Waals surface area contributed by atoms with Crippen LogP contribution in [-0.4, -0.2) is 9.55 Å². The van der Waals surface area contributed by atoms with Crippen LogP contribution >= 0.6 is 11.6 Å². The molecule has 0 atom stereocenters. The van der Waals surface area contributed by atoms with E-state index in [2.05, 4.69) is 35.5 Å². The molecule has 0 radical (unpaired) electrons. The van der Waals surface area contributed by atoms with Gasteiger partial charge in [0.2, 0.25) is 0 Å². The molecule has 0 N–H and O–H groups in total. The Bertz CT molecular complexity index is 460. The Balaban J connectivity index is 2.29. The van der Waals surface area contributed by atoms with Crippen molar-refractivity contribution in [2.75, 3.05) is 0 Å². The van der Waals surface area contributed by atoms with Crippen molar-refractivity contribution in [3.05, 3.63) is 53.1 Å². The second-order valence-corrected chi connectivity index (χ2v) is 4.51. The van der Waals surface area contributed by atoms with Gasteiger partial charge in [-0.2, -0.15) is 0 Å². The third-order valence-electron chi connectivity index (χ3n) is 2.55. The van der Waals surface area contributed by atoms with Crippen LogP contribution in [0.1, 0.15) is 31.3 Å². The second-order valence-electron chi connectivity index (χ2n) is 4.12. The van der Waals surface area contributed by atoms with Crippen LogP contribution in [0.5, 0.6) is 0 Å². The number of hydrogen-bond donors (Lipinski definition) is 0. The van der Waals surface area contributed by atoms with Gasteiger partial charge in [-0.3, -0.25) is 0 Å². The molecule has 16 heavy (non-hydrogen) atoms. The fourth-order valence-corrected chi connectivity index (χ4v) is 2.17. The molecule has 0 bridgehead atoms. The first kappa shape index (κ1) is 11.2. The topological polar surface area (TPSA) is 17.8 Å². The third kappa shape index (κ3) is 2.27. The zero-order valence-electron chi connectivity index (χ0n) is 9.52. The van der Waals surface area contributed by atoms with E-state index < -0.39 is 0 Å². The monoisotopic (exact) mass is 234 g/mol. The number of hydrogen-bond acceptors (Lipinski definition) is 1. The quantitative estimate of drug-likeness (QED) is 0.792. The van der Waals surface area contributed by atoms with Crippen molar-refractivity contribution in [3.8, 4) is 0 Å². The zero-order valence-corrected chi connectivity index (χ0v) is 10.3. The fraction of sp³-hybridized carbons (Fsp3) is 0.308. The maximum Gasteiger partial charge on any atom is 0.129 e. The largest absolute Gasteiger partial charge is 0.316 e. The predicted molar refractivity (Wildman–Crippen MR) is 66.9 cm³/mol. The highest BCUT2D eigenvalue weighted by atomic mass is 35.5.